The maximum absolute atomic E-state index is 2.25. The van der Waals surface area contributed by atoms with Gasteiger partial charge in [-0.25, -0.2) is 0 Å². The third-order valence-electron chi connectivity index (χ3n) is 0.577. The zero-order valence-electron chi connectivity index (χ0n) is 4.70. The third-order valence-corrected chi connectivity index (χ3v) is 1.73. The molecule has 0 aliphatic carbocycles. The molecule has 0 amide bonds. The van der Waals surface area contributed by atoms with Crippen LogP contribution in [-0.2, 0) is 0 Å². The van der Waals surface area contributed by atoms with Crippen LogP contribution in [0.2, 0.25) is 10.6 Å². The van der Waals surface area contributed by atoms with Crippen LogP contribution >= 0.6 is 0 Å². The van der Waals surface area contributed by atoms with E-state index in [1.54, 1.807) is 0 Å². The quantitative estimate of drug-likeness (QED) is 0.529. The first-order valence-corrected chi connectivity index (χ1v) is 3.86. The van der Waals surface area contributed by atoms with E-state index < -0.39 is 0 Å². The van der Waals surface area contributed by atoms with E-state index in [9.17, 15) is 0 Å². The summed E-state index contributed by atoms with van der Waals surface area (Å²) in [4.78, 5) is 0. The number of hydrogen-bond acceptors (Lipinski definition) is 1. The van der Waals surface area contributed by atoms with Gasteiger partial charge in [-0.2, -0.15) is 0 Å². The lowest BCUT2D eigenvalue weighted by molar-refractivity contribution is 1.36. The topological polar surface area (TPSA) is 35.0 Å². The van der Waals surface area contributed by atoms with Crippen molar-refractivity contribution in [3.8, 4) is 0 Å². The molecule has 0 aliphatic heterocycles. The molecule has 0 aromatic heterocycles. The van der Waals surface area contributed by atoms with E-state index >= 15 is 0 Å². The fourth-order valence-corrected chi connectivity index (χ4v) is 0.866. The number of rotatable bonds is 2. The monoisotopic (exact) mass is 102 g/mol. The van der Waals surface area contributed by atoms with Gasteiger partial charge < -0.3 is 6.15 Å². The van der Waals surface area contributed by atoms with E-state index in [0.717, 1.165) is 15.2 Å². The van der Waals surface area contributed by atoms with Crippen molar-refractivity contribution >= 4 is 15.2 Å². The highest BCUT2D eigenvalue weighted by atomic mass is 27.1. The Kier molecular flexibility index (Phi) is 14.7. The summed E-state index contributed by atoms with van der Waals surface area (Å²) in [5.74, 6) is 0. The molecule has 0 fully saturated rings. The first-order chi connectivity index (χ1) is 2.41. The largest absolute Gasteiger partial charge is 0.344 e. The summed E-state index contributed by atoms with van der Waals surface area (Å²) >= 11 is 0.815. The van der Waals surface area contributed by atoms with Crippen LogP contribution in [0.4, 0.5) is 0 Å². The van der Waals surface area contributed by atoms with Gasteiger partial charge in [0.2, 0.25) is 0 Å². The fraction of sp³-hybridized carbons (Fsp3) is 1.00. The Morgan fingerprint density at radius 1 is 1.17 bits per heavy atom. The summed E-state index contributed by atoms with van der Waals surface area (Å²) in [6.45, 7) is 4.50. The van der Waals surface area contributed by atoms with Crippen molar-refractivity contribution in [1.82, 2.24) is 6.15 Å². The second-order valence-corrected chi connectivity index (χ2v) is 3.32. The molecule has 0 heterocycles. The maximum Gasteiger partial charge on any atom is 0.198 e. The third kappa shape index (κ3) is 8.82. The van der Waals surface area contributed by atoms with E-state index in [-0.39, 0.29) is 6.15 Å². The molecule has 0 atom stereocenters. The summed E-state index contributed by atoms with van der Waals surface area (Å²) in [6.07, 6.45) is 0. The molecule has 37 valence electrons. The van der Waals surface area contributed by atoms with Crippen molar-refractivity contribution in [2.75, 3.05) is 0 Å². The first kappa shape index (κ1) is 9.70. The minimum absolute atomic E-state index is 0. The molecule has 0 saturated heterocycles. The van der Waals surface area contributed by atoms with E-state index in [1.165, 1.54) is 10.6 Å². The molecular formula is C4H13AlN. The molecular weight excluding hydrogens is 89.0 g/mol. The van der Waals surface area contributed by atoms with Crippen LogP contribution in [0.25, 0.3) is 0 Å². The van der Waals surface area contributed by atoms with Gasteiger partial charge in [0.05, 0.1) is 0 Å². The summed E-state index contributed by atoms with van der Waals surface area (Å²) in [5, 5.41) is 2.85. The van der Waals surface area contributed by atoms with Crippen LogP contribution in [0.1, 0.15) is 13.8 Å². The first-order valence-electron chi connectivity index (χ1n) is 2.23. The van der Waals surface area contributed by atoms with Gasteiger partial charge >= 0.3 is 0 Å². The Bertz CT molecular complexity index is 15.0. The van der Waals surface area contributed by atoms with Crippen LogP contribution in [0.3, 0.4) is 0 Å². The summed E-state index contributed by atoms with van der Waals surface area (Å²) < 4.78 is 0. The molecule has 1 radical (unpaired) electrons. The summed E-state index contributed by atoms with van der Waals surface area (Å²) in [6, 6.07) is 0. The second-order valence-electron chi connectivity index (χ2n) is 1.11. The molecule has 1 nitrogen and oxygen atoms in total. The summed E-state index contributed by atoms with van der Waals surface area (Å²) in [5.41, 5.74) is 0. The van der Waals surface area contributed by atoms with E-state index in [2.05, 4.69) is 13.8 Å². The molecule has 0 spiro atoms. The van der Waals surface area contributed by atoms with Crippen LogP contribution < -0.4 is 6.15 Å². The zero-order chi connectivity index (χ0) is 4.12. The van der Waals surface area contributed by atoms with Crippen LogP contribution in [0, 0.1) is 0 Å². The lowest BCUT2D eigenvalue weighted by Crippen LogP contribution is -1.76. The van der Waals surface area contributed by atoms with Gasteiger partial charge in [0.25, 0.3) is 0 Å². The van der Waals surface area contributed by atoms with Gasteiger partial charge in [-0.1, -0.05) is 13.8 Å². The average molecular weight is 102 g/mol. The van der Waals surface area contributed by atoms with Crippen molar-refractivity contribution in [3.63, 3.8) is 0 Å². The van der Waals surface area contributed by atoms with Crippen molar-refractivity contribution < 1.29 is 0 Å². The van der Waals surface area contributed by atoms with Gasteiger partial charge in [-0.3, -0.25) is 0 Å². The molecule has 0 aromatic carbocycles. The standard InChI is InChI=1S/2C2H5.Al.H3N/c2*1-2;;/h2*1H2,2H3;;1H3. The van der Waals surface area contributed by atoms with Crippen molar-refractivity contribution in [2.24, 2.45) is 0 Å². The lowest BCUT2D eigenvalue weighted by Gasteiger charge is -1.74. The van der Waals surface area contributed by atoms with Crippen molar-refractivity contribution in [3.05, 3.63) is 0 Å². The molecule has 0 aliphatic rings. The van der Waals surface area contributed by atoms with Gasteiger partial charge in [0.1, 0.15) is 0 Å². The Hall–Kier alpha value is 0.492. The minimum atomic E-state index is 0. The molecule has 0 rings (SSSR count). The van der Waals surface area contributed by atoms with Crippen LogP contribution in [0.15, 0.2) is 0 Å². The van der Waals surface area contributed by atoms with Crippen molar-refractivity contribution in [1.29, 1.82) is 0 Å². The smallest absolute Gasteiger partial charge is 0.198 e. The molecule has 0 saturated carbocycles. The average Bonchev–Trinajstić information content (AvgIpc) is 1.41. The Labute approximate surface area is 46.4 Å². The number of hydrogen-bond donors (Lipinski definition) is 1. The lowest BCUT2D eigenvalue weighted by atomic mass is 10.9. The molecule has 0 bridgehead atoms. The normalized spacial score (nSPS) is 6.33. The fourth-order valence-electron chi connectivity index (χ4n) is 0.289. The second kappa shape index (κ2) is 9.09. The molecule has 0 unspecified atom stereocenters. The molecule has 2 heteroatoms. The highest BCUT2D eigenvalue weighted by Crippen LogP contribution is 1.77. The molecule has 3 N–H and O–H groups in total. The van der Waals surface area contributed by atoms with E-state index in [1.807, 2.05) is 0 Å². The van der Waals surface area contributed by atoms with Gasteiger partial charge in [0.15, 0.2) is 15.2 Å². The SMILES string of the molecule is C[CH2][Al][CH2]C.N. The molecule has 6 heavy (non-hydrogen) atoms. The van der Waals surface area contributed by atoms with Crippen molar-refractivity contribution in [2.45, 2.75) is 24.4 Å². The highest BCUT2D eigenvalue weighted by molar-refractivity contribution is 6.34. The molecule has 0 aromatic rings. The van der Waals surface area contributed by atoms with E-state index in [0.29, 0.717) is 0 Å². The van der Waals surface area contributed by atoms with Gasteiger partial charge in [0, 0.05) is 0 Å². The Morgan fingerprint density at radius 2 is 1.50 bits per heavy atom. The minimum Gasteiger partial charge on any atom is -0.344 e. The predicted molar refractivity (Wildman–Crippen MR) is 31.7 cm³/mol. The summed E-state index contributed by atoms with van der Waals surface area (Å²) in [7, 11) is 0. The van der Waals surface area contributed by atoms with Crippen LogP contribution in [0.5, 0.6) is 0 Å². The predicted octanol–water partition coefficient (Wildman–Crippen LogP) is 1.73. The zero-order valence-corrected chi connectivity index (χ0v) is 5.85. The Morgan fingerprint density at radius 3 is 1.50 bits per heavy atom. The maximum atomic E-state index is 2.25. The van der Waals surface area contributed by atoms with Crippen LogP contribution in [-0.4, -0.2) is 15.2 Å². The van der Waals surface area contributed by atoms with Gasteiger partial charge in [-0.15, -0.1) is 10.6 Å². The highest BCUT2D eigenvalue weighted by Gasteiger charge is 1.74. The Balaban J connectivity index is 0. The van der Waals surface area contributed by atoms with Gasteiger partial charge in [-0.05, 0) is 0 Å². The van der Waals surface area contributed by atoms with E-state index in [4.69, 9.17) is 0 Å².